The molecule has 138 valence electrons. The van der Waals surface area contributed by atoms with E-state index in [4.69, 9.17) is 0 Å². The van der Waals surface area contributed by atoms with Gasteiger partial charge in [0.15, 0.2) is 0 Å². The molecule has 0 saturated carbocycles. The van der Waals surface area contributed by atoms with Gasteiger partial charge in [0.2, 0.25) is 5.95 Å². The summed E-state index contributed by atoms with van der Waals surface area (Å²) < 4.78 is 13.0. The SMILES string of the molecule is CCCCNC(=O)c1cnc(N2CCN(c3ccc(F)cc3)CC2)nc1. The Balaban J connectivity index is 1.54. The molecule has 0 unspecified atom stereocenters. The van der Waals surface area contributed by atoms with Crippen LogP contribution in [0.1, 0.15) is 30.1 Å². The van der Waals surface area contributed by atoms with Gasteiger partial charge in [-0.05, 0) is 30.7 Å². The minimum absolute atomic E-state index is 0.133. The van der Waals surface area contributed by atoms with Gasteiger partial charge in [0, 0.05) is 50.8 Å². The number of hydrogen-bond acceptors (Lipinski definition) is 5. The molecule has 1 aromatic carbocycles. The van der Waals surface area contributed by atoms with Gasteiger partial charge in [-0.3, -0.25) is 4.79 Å². The van der Waals surface area contributed by atoms with E-state index >= 15 is 0 Å². The lowest BCUT2D eigenvalue weighted by Gasteiger charge is -2.36. The van der Waals surface area contributed by atoms with Crippen LogP contribution in [0.2, 0.25) is 0 Å². The van der Waals surface area contributed by atoms with Crippen molar-refractivity contribution in [2.75, 3.05) is 42.5 Å². The van der Waals surface area contributed by atoms with Crippen molar-refractivity contribution >= 4 is 17.5 Å². The van der Waals surface area contributed by atoms with Crippen molar-refractivity contribution < 1.29 is 9.18 Å². The molecule has 1 saturated heterocycles. The summed E-state index contributed by atoms with van der Waals surface area (Å²) in [5, 5.41) is 2.86. The van der Waals surface area contributed by atoms with Crippen LogP contribution in [0.25, 0.3) is 0 Å². The van der Waals surface area contributed by atoms with Crippen LogP contribution in [0, 0.1) is 5.82 Å². The summed E-state index contributed by atoms with van der Waals surface area (Å²) in [7, 11) is 0. The average molecular weight is 357 g/mol. The highest BCUT2D eigenvalue weighted by molar-refractivity contribution is 5.93. The van der Waals surface area contributed by atoms with Crippen LogP contribution in [0.15, 0.2) is 36.7 Å². The van der Waals surface area contributed by atoms with Gasteiger partial charge < -0.3 is 15.1 Å². The summed E-state index contributed by atoms with van der Waals surface area (Å²) >= 11 is 0. The molecule has 1 fully saturated rings. The molecule has 2 aromatic rings. The van der Waals surface area contributed by atoms with E-state index in [-0.39, 0.29) is 11.7 Å². The van der Waals surface area contributed by atoms with Crippen LogP contribution in [0.5, 0.6) is 0 Å². The number of nitrogens with zero attached hydrogens (tertiary/aromatic N) is 4. The van der Waals surface area contributed by atoms with E-state index < -0.39 is 0 Å². The van der Waals surface area contributed by atoms with Gasteiger partial charge in [0.1, 0.15) is 5.82 Å². The first-order valence-corrected chi connectivity index (χ1v) is 9.03. The largest absolute Gasteiger partial charge is 0.368 e. The number of amides is 1. The van der Waals surface area contributed by atoms with E-state index in [1.165, 1.54) is 12.1 Å². The minimum Gasteiger partial charge on any atom is -0.368 e. The molecule has 2 heterocycles. The van der Waals surface area contributed by atoms with Gasteiger partial charge in [-0.25, -0.2) is 14.4 Å². The molecule has 3 rings (SSSR count). The first kappa shape index (κ1) is 18.1. The number of anilines is 2. The van der Waals surface area contributed by atoms with Crippen LogP contribution >= 0.6 is 0 Å². The maximum Gasteiger partial charge on any atom is 0.254 e. The number of carbonyl (C=O) groups excluding carboxylic acids is 1. The van der Waals surface area contributed by atoms with Crippen LogP contribution in [-0.4, -0.2) is 48.6 Å². The lowest BCUT2D eigenvalue weighted by molar-refractivity contribution is 0.0952. The van der Waals surface area contributed by atoms with Crippen molar-refractivity contribution in [1.29, 1.82) is 0 Å². The summed E-state index contributed by atoms with van der Waals surface area (Å²) in [6.07, 6.45) is 5.16. The van der Waals surface area contributed by atoms with E-state index in [9.17, 15) is 9.18 Å². The fourth-order valence-corrected chi connectivity index (χ4v) is 2.90. The predicted octanol–water partition coefficient (Wildman–Crippen LogP) is 2.47. The first-order valence-electron chi connectivity index (χ1n) is 9.03. The number of rotatable bonds is 6. The van der Waals surface area contributed by atoms with Crippen molar-refractivity contribution in [3.63, 3.8) is 0 Å². The molecule has 0 atom stereocenters. The van der Waals surface area contributed by atoms with Crippen LogP contribution in [-0.2, 0) is 0 Å². The zero-order valence-corrected chi connectivity index (χ0v) is 15.0. The molecule has 0 aliphatic carbocycles. The first-order chi connectivity index (χ1) is 12.7. The fourth-order valence-electron chi connectivity index (χ4n) is 2.90. The number of benzene rings is 1. The lowest BCUT2D eigenvalue weighted by atomic mass is 10.2. The number of piperazine rings is 1. The lowest BCUT2D eigenvalue weighted by Crippen LogP contribution is -2.47. The summed E-state index contributed by atoms with van der Waals surface area (Å²) in [4.78, 5) is 25.0. The second-order valence-corrected chi connectivity index (χ2v) is 6.33. The van der Waals surface area contributed by atoms with Crippen LogP contribution < -0.4 is 15.1 Å². The molecular formula is C19H24FN5O. The predicted molar refractivity (Wildman–Crippen MR) is 100 cm³/mol. The maximum absolute atomic E-state index is 13.0. The Morgan fingerprint density at radius 1 is 1.08 bits per heavy atom. The quantitative estimate of drug-likeness (QED) is 0.805. The Kier molecular flexibility index (Phi) is 5.99. The van der Waals surface area contributed by atoms with Crippen molar-refractivity contribution in [2.24, 2.45) is 0 Å². The summed E-state index contributed by atoms with van der Waals surface area (Å²) in [5.41, 5.74) is 1.50. The molecule has 7 heteroatoms. The van der Waals surface area contributed by atoms with Gasteiger partial charge >= 0.3 is 0 Å². The number of unbranched alkanes of at least 4 members (excludes halogenated alkanes) is 1. The third kappa shape index (κ3) is 4.47. The Morgan fingerprint density at radius 2 is 1.69 bits per heavy atom. The van der Waals surface area contributed by atoms with E-state index in [2.05, 4.69) is 32.0 Å². The second kappa shape index (κ2) is 8.60. The van der Waals surface area contributed by atoms with Gasteiger partial charge in [-0.2, -0.15) is 0 Å². The number of nitrogens with one attached hydrogen (secondary N) is 1. The topological polar surface area (TPSA) is 61.4 Å². The summed E-state index contributed by atoms with van der Waals surface area (Å²) in [5.74, 6) is 0.277. The van der Waals surface area contributed by atoms with Crippen LogP contribution in [0.4, 0.5) is 16.0 Å². The van der Waals surface area contributed by atoms with Crippen LogP contribution in [0.3, 0.4) is 0 Å². The van der Waals surface area contributed by atoms with Gasteiger partial charge in [0.05, 0.1) is 5.56 Å². The zero-order valence-electron chi connectivity index (χ0n) is 15.0. The minimum atomic E-state index is -0.223. The molecule has 0 bridgehead atoms. The monoisotopic (exact) mass is 357 g/mol. The number of halogens is 1. The third-order valence-electron chi connectivity index (χ3n) is 4.47. The molecule has 1 N–H and O–H groups in total. The normalized spacial score (nSPS) is 14.4. The van der Waals surface area contributed by atoms with Crippen molar-refractivity contribution in [3.8, 4) is 0 Å². The molecule has 0 spiro atoms. The standard InChI is InChI=1S/C19H24FN5O/c1-2-3-8-21-18(26)15-13-22-19(23-14-15)25-11-9-24(10-12-25)17-6-4-16(20)5-7-17/h4-7,13-14H,2-3,8-12H2,1H3,(H,21,26). The van der Waals surface area contributed by atoms with E-state index in [1.807, 2.05) is 0 Å². The third-order valence-corrected chi connectivity index (χ3v) is 4.47. The molecule has 6 nitrogen and oxygen atoms in total. The Hall–Kier alpha value is -2.70. The Labute approximate surface area is 153 Å². The van der Waals surface area contributed by atoms with Gasteiger partial charge in [-0.1, -0.05) is 13.3 Å². The smallest absolute Gasteiger partial charge is 0.254 e. The van der Waals surface area contributed by atoms with Crippen molar-refractivity contribution in [3.05, 3.63) is 48.0 Å². The highest BCUT2D eigenvalue weighted by Gasteiger charge is 2.19. The fraction of sp³-hybridized carbons (Fsp3) is 0.421. The highest BCUT2D eigenvalue weighted by Crippen LogP contribution is 2.18. The van der Waals surface area contributed by atoms with E-state index in [1.54, 1.807) is 24.5 Å². The second-order valence-electron chi connectivity index (χ2n) is 6.33. The van der Waals surface area contributed by atoms with E-state index in [0.29, 0.717) is 18.1 Å². The molecule has 1 aromatic heterocycles. The molecule has 1 aliphatic heterocycles. The molecular weight excluding hydrogens is 333 g/mol. The highest BCUT2D eigenvalue weighted by atomic mass is 19.1. The number of hydrogen-bond donors (Lipinski definition) is 1. The average Bonchev–Trinajstić information content (AvgIpc) is 2.69. The Bertz CT molecular complexity index is 712. The Morgan fingerprint density at radius 3 is 2.31 bits per heavy atom. The number of carbonyl (C=O) groups is 1. The zero-order chi connectivity index (χ0) is 18.4. The van der Waals surface area contributed by atoms with Gasteiger partial charge in [-0.15, -0.1) is 0 Å². The molecule has 1 aliphatic rings. The molecule has 26 heavy (non-hydrogen) atoms. The molecule has 1 amide bonds. The van der Waals surface area contributed by atoms with Gasteiger partial charge in [0.25, 0.3) is 5.91 Å². The number of aromatic nitrogens is 2. The van der Waals surface area contributed by atoms with Crippen molar-refractivity contribution in [2.45, 2.75) is 19.8 Å². The summed E-state index contributed by atoms with van der Waals surface area (Å²) in [6, 6.07) is 6.56. The van der Waals surface area contributed by atoms with Crippen molar-refractivity contribution in [1.82, 2.24) is 15.3 Å². The summed E-state index contributed by atoms with van der Waals surface area (Å²) in [6.45, 7) is 5.93. The molecule has 0 radical (unpaired) electrons. The van der Waals surface area contributed by atoms with E-state index in [0.717, 1.165) is 44.7 Å². The maximum atomic E-state index is 13.0.